The summed E-state index contributed by atoms with van der Waals surface area (Å²) in [6.07, 6.45) is 0.355. The van der Waals surface area contributed by atoms with Gasteiger partial charge in [-0.15, -0.1) is 0 Å². The summed E-state index contributed by atoms with van der Waals surface area (Å²) in [7, 11) is 0. The van der Waals surface area contributed by atoms with Crippen LogP contribution in [0.4, 0.5) is 5.69 Å². The minimum Gasteiger partial charge on any atom is -0.399 e. The zero-order valence-corrected chi connectivity index (χ0v) is 10.2. The van der Waals surface area contributed by atoms with E-state index in [1.54, 1.807) is 23.1 Å². The molecular formula is C13H17N3O. The predicted molar refractivity (Wildman–Crippen MR) is 67.4 cm³/mol. The largest absolute Gasteiger partial charge is 0.399 e. The molecule has 1 aromatic carbocycles. The van der Waals surface area contributed by atoms with Crippen LogP contribution >= 0.6 is 0 Å². The highest BCUT2D eigenvalue weighted by molar-refractivity contribution is 5.94. The van der Waals surface area contributed by atoms with Crippen molar-refractivity contribution in [2.24, 2.45) is 0 Å². The first kappa shape index (κ1) is 13.0. The highest BCUT2D eigenvalue weighted by Crippen LogP contribution is 2.14. The second-order valence-corrected chi connectivity index (χ2v) is 3.86. The molecule has 0 bridgehead atoms. The molecule has 0 heterocycles. The summed E-state index contributed by atoms with van der Waals surface area (Å²) in [5, 5.41) is 8.54. The van der Waals surface area contributed by atoms with Crippen molar-refractivity contribution < 1.29 is 4.79 Å². The third kappa shape index (κ3) is 3.22. The Hall–Kier alpha value is -2.02. The summed E-state index contributed by atoms with van der Waals surface area (Å²) >= 11 is 0. The third-order valence-corrected chi connectivity index (χ3v) is 2.68. The number of hydrogen-bond acceptors (Lipinski definition) is 3. The lowest BCUT2D eigenvalue weighted by molar-refractivity contribution is 0.0768. The van der Waals surface area contributed by atoms with Crippen LogP contribution in [0.5, 0.6) is 0 Å². The van der Waals surface area contributed by atoms with Crippen molar-refractivity contribution in [1.29, 1.82) is 5.26 Å². The summed E-state index contributed by atoms with van der Waals surface area (Å²) in [6, 6.07) is 7.29. The van der Waals surface area contributed by atoms with Crippen LogP contribution in [0.1, 0.15) is 29.3 Å². The standard InChI is InChI=1S/C13H17N3O/c1-3-16(8-4-7-14)13(17)11-5-6-12(15)10(2)9-11/h5-6,9H,3-4,8,15H2,1-2H3. The Morgan fingerprint density at radius 3 is 2.76 bits per heavy atom. The fourth-order valence-electron chi connectivity index (χ4n) is 1.58. The van der Waals surface area contributed by atoms with Crippen molar-refractivity contribution >= 4 is 11.6 Å². The molecule has 0 saturated carbocycles. The van der Waals surface area contributed by atoms with Crippen molar-refractivity contribution in [3.8, 4) is 6.07 Å². The van der Waals surface area contributed by atoms with Gasteiger partial charge in [0, 0.05) is 24.3 Å². The van der Waals surface area contributed by atoms with Gasteiger partial charge < -0.3 is 10.6 Å². The maximum absolute atomic E-state index is 12.1. The van der Waals surface area contributed by atoms with Crippen LogP contribution in [0.15, 0.2) is 18.2 Å². The van der Waals surface area contributed by atoms with Gasteiger partial charge in [0.15, 0.2) is 0 Å². The molecule has 0 aliphatic heterocycles. The van der Waals surface area contributed by atoms with Crippen LogP contribution in [0, 0.1) is 18.3 Å². The second kappa shape index (κ2) is 5.90. The summed E-state index contributed by atoms with van der Waals surface area (Å²) in [4.78, 5) is 13.8. The van der Waals surface area contributed by atoms with Crippen molar-refractivity contribution in [2.75, 3.05) is 18.8 Å². The van der Waals surface area contributed by atoms with Gasteiger partial charge in [-0.3, -0.25) is 4.79 Å². The molecule has 0 atom stereocenters. The minimum atomic E-state index is -0.0501. The van der Waals surface area contributed by atoms with Crippen molar-refractivity contribution in [1.82, 2.24) is 4.90 Å². The molecule has 0 unspecified atom stereocenters. The van der Waals surface area contributed by atoms with Crippen molar-refractivity contribution in [2.45, 2.75) is 20.3 Å². The Kier molecular flexibility index (Phi) is 4.53. The van der Waals surface area contributed by atoms with Gasteiger partial charge in [0.1, 0.15) is 0 Å². The molecule has 0 aromatic heterocycles. The number of aryl methyl sites for hydroxylation is 1. The lowest BCUT2D eigenvalue weighted by Crippen LogP contribution is -2.31. The quantitative estimate of drug-likeness (QED) is 0.805. The van der Waals surface area contributed by atoms with Gasteiger partial charge in [-0.1, -0.05) is 0 Å². The number of carbonyl (C=O) groups excluding carboxylic acids is 1. The van der Waals surface area contributed by atoms with E-state index in [1.165, 1.54) is 0 Å². The topological polar surface area (TPSA) is 70.1 Å². The fourth-order valence-corrected chi connectivity index (χ4v) is 1.58. The second-order valence-electron chi connectivity index (χ2n) is 3.86. The fraction of sp³-hybridized carbons (Fsp3) is 0.385. The number of rotatable bonds is 4. The maximum atomic E-state index is 12.1. The van der Waals surface area contributed by atoms with Gasteiger partial charge in [-0.25, -0.2) is 0 Å². The molecule has 0 aliphatic carbocycles. The summed E-state index contributed by atoms with van der Waals surface area (Å²) in [5.74, 6) is -0.0501. The molecule has 0 spiro atoms. The van der Waals surface area contributed by atoms with Crippen LogP contribution in [0.25, 0.3) is 0 Å². The molecule has 0 aliphatic rings. The number of nitriles is 1. The number of anilines is 1. The zero-order chi connectivity index (χ0) is 12.8. The number of amides is 1. The Bertz CT molecular complexity index is 448. The average Bonchev–Trinajstić information content (AvgIpc) is 2.33. The number of nitrogens with two attached hydrogens (primary N) is 1. The molecule has 1 aromatic rings. The van der Waals surface area contributed by atoms with E-state index in [4.69, 9.17) is 11.0 Å². The molecule has 0 radical (unpaired) electrons. The first-order valence-electron chi connectivity index (χ1n) is 5.62. The van der Waals surface area contributed by atoms with E-state index < -0.39 is 0 Å². The van der Waals surface area contributed by atoms with Gasteiger partial charge in [0.2, 0.25) is 0 Å². The van der Waals surface area contributed by atoms with Crippen LogP contribution < -0.4 is 5.73 Å². The van der Waals surface area contributed by atoms with Gasteiger partial charge in [0.25, 0.3) is 5.91 Å². The van der Waals surface area contributed by atoms with Crippen LogP contribution in [-0.2, 0) is 0 Å². The number of nitrogens with zero attached hydrogens (tertiary/aromatic N) is 2. The molecule has 17 heavy (non-hydrogen) atoms. The first-order valence-corrected chi connectivity index (χ1v) is 5.62. The lowest BCUT2D eigenvalue weighted by Gasteiger charge is -2.19. The monoisotopic (exact) mass is 231 g/mol. The summed E-state index contributed by atoms with van der Waals surface area (Å²) < 4.78 is 0. The Morgan fingerprint density at radius 1 is 1.53 bits per heavy atom. The van der Waals surface area contributed by atoms with Crippen LogP contribution in [0.3, 0.4) is 0 Å². The SMILES string of the molecule is CCN(CCC#N)C(=O)c1ccc(N)c(C)c1. The predicted octanol–water partition coefficient (Wildman–Crippen LogP) is 1.95. The maximum Gasteiger partial charge on any atom is 0.253 e. The Labute approximate surface area is 102 Å². The van der Waals surface area contributed by atoms with Gasteiger partial charge in [0.05, 0.1) is 12.5 Å². The lowest BCUT2D eigenvalue weighted by atomic mass is 10.1. The molecule has 0 saturated heterocycles. The molecule has 4 heteroatoms. The normalized spacial score (nSPS) is 9.71. The van der Waals surface area contributed by atoms with E-state index in [-0.39, 0.29) is 5.91 Å². The molecule has 1 amide bonds. The van der Waals surface area contributed by atoms with E-state index in [0.29, 0.717) is 30.8 Å². The van der Waals surface area contributed by atoms with Crippen molar-refractivity contribution in [3.05, 3.63) is 29.3 Å². The van der Waals surface area contributed by atoms with Crippen LogP contribution in [0.2, 0.25) is 0 Å². The number of carbonyl (C=O) groups is 1. The smallest absolute Gasteiger partial charge is 0.253 e. The number of nitrogen functional groups attached to an aromatic ring is 1. The van der Waals surface area contributed by atoms with Gasteiger partial charge >= 0.3 is 0 Å². The van der Waals surface area contributed by atoms with E-state index in [9.17, 15) is 4.79 Å². The Balaban J connectivity index is 2.86. The first-order chi connectivity index (χ1) is 8.10. The minimum absolute atomic E-state index is 0.0501. The molecule has 1 rings (SSSR count). The Morgan fingerprint density at radius 2 is 2.24 bits per heavy atom. The molecule has 90 valence electrons. The van der Waals surface area contributed by atoms with E-state index in [2.05, 4.69) is 0 Å². The number of hydrogen-bond donors (Lipinski definition) is 1. The van der Waals surface area contributed by atoms with E-state index >= 15 is 0 Å². The molecule has 2 N–H and O–H groups in total. The van der Waals surface area contributed by atoms with Gasteiger partial charge in [-0.2, -0.15) is 5.26 Å². The summed E-state index contributed by atoms with van der Waals surface area (Å²) in [6.45, 7) is 4.84. The molecular weight excluding hydrogens is 214 g/mol. The zero-order valence-electron chi connectivity index (χ0n) is 10.2. The third-order valence-electron chi connectivity index (χ3n) is 2.68. The highest BCUT2D eigenvalue weighted by atomic mass is 16.2. The molecule has 0 fully saturated rings. The number of benzene rings is 1. The van der Waals surface area contributed by atoms with E-state index in [1.807, 2.05) is 19.9 Å². The summed E-state index contributed by atoms with van der Waals surface area (Å²) in [5.41, 5.74) is 7.91. The van der Waals surface area contributed by atoms with E-state index in [0.717, 1.165) is 5.56 Å². The van der Waals surface area contributed by atoms with Crippen LogP contribution in [-0.4, -0.2) is 23.9 Å². The van der Waals surface area contributed by atoms with Crippen molar-refractivity contribution in [3.63, 3.8) is 0 Å². The van der Waals surface area contributed by atoms with Gasteiger partial charge in [-0.05, 0) is 37.6 Å². The highest BCUT2D eigenvalue weighted by Gasteiger charge is 2.14. The molecule has 4 nitrogen and oxygen atoms in total. The average molecular weight is 231 g/mol.